The first-order chi connectivity index (χ1) is 9.15. The molecule has 2 aromatic rings. The molecule has 0 saturated heterocycles. The minimum Gasteiger partial charge on any atom is -0.451 e. The molecule has 0 atom stereocenters. The number of hydrogen-bond acceptors (Lipinski definition) is 2. The second-order valence-electron chi connectivity index (χ2n) is 5.20. The topological polar surface area (TPSA) is 42.2 Å². The predicted octanol–water partition coefficient (Wildman–Crippen LogP) is 3.92. The molecule has 1 saturated carbocycles. The fourth-order valence-electron chi connectivity index (χ4n) is 2.42. The Morgan fingerprint density at radius 2 is 2.26 bits per heavy atom. The lowest BCUT2D eigenvalue weighted by atomic mass is 9.85. The van der Waals surface area contributed by atoms with Crippen molar-refractivity contribution in [2.75, 3.05) is 6.54 Å². The van der Waals surface area contributed by atoms with E-state index in [-0.39, 0.29) is 5.91 Å². The molecule has 1 aliphatic rings. The molecule has 1 aromatic heterocycles. The number of carbonyl (C=O) groups is 1. The molecular formula is C15H16ClNO2. The van der Waals surface area contributed by atoms with Crippen molar-refractivity contribution in [1.82, 2.24) is 5.32 Å². The van der Waals surface area contributed by atoms with Crippen molar-refractivity contribution < 1.29 is 9.21 Å². The molecule has 0 spiro atoms. The molecule has 1 aliphatic carbocycles. The summed E-state index contributed by atoms with van der Waals surface area (Å²) in [5.41, 5.74) is 1.55. The Morgan fingerprint density at radius 3 is 2.95 bits per heavy atom. The molecule has 0 bridgehead atoms. The Kier molecular flexibility index (Phi) is 3.23. The van der Waals surface area contributed by atoms with Crippen LogP contribution in [0.3, 0.4) is 0 Å². The minimum atomic E-state index is -0.128. The molecule has 1 aromatic carbocycles. The molecule has 100 valence electrons. The SMILES string of the molecule is Cc1c(C(=O)NCC2CCC2)oc2ccc(Cl)cc12. The van der Waals surface area contributed by atoms with Crippen molar-refractivity contribution >= 4 is 28.5 Å². The van der Waals surface area contributed by atoms with Crippen LogP contribution in [0.1, 0.15) is 35.4 Å². The second-order valence-corrected chi connectivity index (χ2v) is 5.64. The summed E-state index contributed by atoms with van der Waals surface area (Å²) in [6.45, 7) is 2.64. The summed E-state index contributed by atoms with van der Waals surface area (Å²) in [6.07, 6.45) is 3.71. The first kappa shape index (κ1) is 12.5. The van der Waals surface area contributed by atoms with Gasteiger partial charge in [-0.05, 0) is 43.9 Å². The van der Waals surface area contributed by atoms with E-state index >= 15 is 0 Å². The lowest BCUT2D eigenvalue weighted by Crippen LogP contribution is -2.32. The van der Waals surface area contributed by atoms with Crippen LogP contribution in [0.5, 0.6) is 0 Å². The van der Waals surface area contributed by atoms with Crippen molar-refractivity contribution in [1.29, 1.82) is 0 Å². The fourth-order valence-corrected chi connectivity index (χ4v) is 2.60. The van der Waals surface area contributed by atoms with E-state index in [0.717, 1.165) is 17.5 Å². The first-order valence-electron chi connectivity index (χ1n) is 6.62. The highest BCUT2D eigenvalue weighted by molar-refractivity contribution is 6.31. The number of halogens is 1. The van der Waals surface area contributed by atoms with Crippen LogP contribution in [-0.2, 0) is 0 Å². The Labute approximate surface area is 116 Å². The zero-order valence-corrected chi connectivity index (χ0v) is 11.6. The van der Waals surface area contributed by atoms with Crippen LogP contribution in [0.2, 0.25) is 5.02 Å². The highest BCUT2D eigenvalue weighted by Crippen LogP contribution is 2.28. The molecule has 3 rings (SSSR count). The summed E-state index contributed by atoms with van der Waals surface area (Å²) in [5, 5.41) is 4.51. The maximum Gasteiger partial charge on any atom is 0.287 e. The Bertz CT molecular complexity index is 628. The number of rotatable bonds is 3. The first-order valence-corrected chi connectivity index (χ1v) is 7.00. The average molecular weight is 278 g/mol. The van der Waals surface area contributed by atoms with Gasteiger partial charge in [-0.3, -0.25) is 4.79 Å². The number of hydrogen-bond donors (Lipinski definition) is 1. The van der Waals surface area contributed by atoms with Crippen LogP contribution in [-0.4, -0.2) is 12.5 Å². The summed E-state index contributed by atoms with van der Waals surface area (Å²) in [5.74, 6) is 0.913. The number of furan rings is 1. The molecule has 0 unspecified atom stereocenters. The number of aryl methyl sites for hydroxylation is 1. The van der Waals surface area contributed by atoms with Crippen molar-refractivity contribution in [3.05, 3.63) is 34.5 Å². The second kappa shape index (κ2) is 4.89. The van der Waals surface area contributed by atoms with E-state index in [4.69, 9.17) is 16.0 Å². The van der Waals surface area contributed by atoms with Gasteiger partial charge in [0.2, 0.25) is 0 Å². The van der Waals surface area contributed by atoms with Crippen molar-refractivity contribution in [3.8, 4) is 0 Å². The zero-order chi connectivity index (χ0) is 13.4. The Morgan fingerprint density at radius 1 is 1.47 bits per heavy atom. The summed E-state index contributed by atoms with van der Waals surface area (Å²) in [6, 6.07) is 5.40. The Balaban J connectivity index is 1.83. The fraction of sp³-hybridized carbons (Fsp3) is 0.400. The number of fused-ring (bicyclic) bond motifs is 1. The van der Waals surface area contributed by atoms with Gasteiger partial charge in [-0.15, -0.1) is 0 Å². The Hall–Kier alpha value is -1.48. The van der Waals surface area contributed by atoms with E-state index in [1.54, 1.807) is 12.1 Å². The number of amides is 1. The van der Waals surface area contributed by atoms with Crippen molar-refractivity contribution in [2.24, 2.45) is 5.92 Å². The van der Waals surface area contributed by atoms with Crippen LogP contribution in [0.25, 0.3) is 11.0 Å². The average Bonchev–Trinajstić information content (AvgIpc) is 2.65. The van der Waals surface area contributed by atoms with Gasteiger partial charge in [-0.1, -0.05) is 18.0 Å². The van der Waals surface area contributed by atoms with Gasteiger partial charge in [0.05, 0.1) is 0 Å². The van der Waals surface area contributed by atoms with E-state index in [1.165, 1.54) is 19.3 Å². The molecule has 1 amide bonds. The number of benzene rings is 1. The third-order valence-electron chi connectivity index (χ3n) is 3.88. The highest BCUT2D eigenvalue weighted by Gasteiger charge is 2.21. The minimum absolute atomic E-state index is 0.128. The van der Waals surface area contributed by atoms with Gasteiger partial charge in [-0.25, -0.2) is 0 Å². The standard InChI is InChI=1S/C15H16ClNO2/c1-9-12-7-11(16)5-6-13(12)19-14(9)15(18)17-8-10-3-2-4-10/h5-7,10H,2-4,8H2,1H3,(H,17,18). The van der Waals surface area contributed by atoms with Crippen molar-refractivity contribution in [3.63, 3.8) is 0 Å². The maximum atomic E-state index is 12.1. The van der Waals surface area contributed by atoms with E-state index in [1.807, 2.05) is 13.0 Å². The lowest BCUT2D eigenvalue weighted by Gasteiger charge is -2.25. The van der Waals surface area contributed by atoms with Gasteiger partial charge >= 0.3 is 0 Å². The summed E-state index contributed by atoms with van der Waals surface area (Å²) in [7, 11) is 0. The molecule has 1 N–H and O–H groups in total. The van der Waals surface area contributed by atoms with Gasteiger partial charge in [-0.2, -0.15) is 0 Å². The molecule has 3 nitrogen and oxygen atoms in total. The van der Waals surface area contributed by atoms with Gasteiger partial charge in [0.25, 0.3) is 5.91 Å². The maximum absolute atomic E-state index is 12.1. The summed E-state index contributed by atoms with van der Waals surface area (Å²) >= 11 is 5.97. The van der Waals surface area contributed by atoms with Crippen LogP contribution >= 0.6 is 11.6 Å². The monoisotopic (exact) mass is 277 g/mol. The van der Waals surface area contributed by atoms with Gasteiger partial charge in [0.1, 0.15) is 5.58 Å². The van der Waals surface area contributed by atoms with Crippen molar-refractivity contribution in [2.45, 2.75) is 26.2 Å². The molecule has 19 heavy (non-hydrogen) atoms. The van der Waals surface area contributed by atoms with Crippen LogP contribution < -0.4 is 5.32 Å². The third-order valence-corrected chi connectivity index (χ3v) is 4.12. The molecule has 1 heterocycles. The smallest absolute Gasteiger partial charge is 0.287 e. The molecular weight excluding hydrogens is 262 g/mol. The third kappa shape index (κ3) is 2.35. The number of carbonyl (C=O) groups excluding carboxylic acids is 1. The van der Waals surface area contributed by atoms with E-state index in [9.17, 15) is 4.79 Å². The number of nitrogens with one attached hydrogen (secondary N) is 1. The predicted molar refractivity (Wildman–Crippen MR) is 75.6 cm³/mol. The van der Waals surface area contributed by atoms with Crippen LogP contribution in [0, 0.1) is 12.8 Å². The zero-order valence-electron chi connectivity index (χ0n) is 10.8. The van der Waals surface area contributed by atoms with Gasteiger partial charge < -0.3 is 9.73 Å². The lowest BCUT2D eigenvalue weighted by molar-refractivity contribution is 0.0912. The summed E-state index contributed by atoms with van der Waals surface area (Å²) in [4.78, 5) is 12.1. The van der Waals surface area contributed by atoms with E-state index < -0.39 is 0 Å². The molecule has 1 fully saturated rings. The van der Waals surface area contributed by atoms with Crippen LogP contribution in [0.4, 0.5) is 0 Å². The highest BCUT2D eigenvalue weighted by atomic mass is 35.5. The molecule has 0 radical (unpaired) electrons. The van der Waals surface area contributed by atoms with Gasteiger partial charge in [0.15, 0.2) is 5.76 Å². The largest absolute Gasteiger partial charge is 0.451 e. The normalized spacial score (nSPS) is 15.5. The quantitative estimate of drug-likeness (QED) is 0.924. The molecule has 4 heteroatoms. The molecule has 0 aliphatic heterocycles. The van der Waals surface area contributed by atoms with E-state index in [2.05, 4.69) is 5.32 Å². The van der Waals surface area contributed by atoms with Gasteiger partial charge in [0, 0.05) is 22.5 Å². The summed E-state index contributed by atoms with van der Waals surface area (Å²) < 4.78 is 5.63. The van der Waals surface area contributed by atoms with Crippen LogP contribution in [0.15, 0.2) is 22.6 Å². The van der Waals surface area contributed by atoms with E-state index in [0.29, 0.717) is 22.3 Å².